The van der Waals surface area contributed by atoms with E-state index in [4.69, 9.17) is 21.1 Å². The van der Waals surface area contributed by atoms with E-state index in [-0.39, 0.29) is 11.6 Å². The third-order valence-corrected chi connectivity index (χ3v) is 5.33. The van der Waals surface area contributed by atoms with Crippen molar-refractivity contribution in [1.29, 1.82) is 0 Å². The van der Waals surface area contributed by atoms with E-state index in [0.717, 1.165) is 24.2 Å². The van der Waals surface area contributed by atoms with Crippen molar-refractivity contribution >= 4 is 17.6 Å². The second kappa shape index (κ2) is 7.62. The molecule has 1 heterocycles. The van der Waals surface area contributed by atoms with Crippen molar-refractivity contribution < 1.29 is 14.3 Å². The summed E-state index contributed by atoms with van der Waals surface area (Å²) in [7, 11) is 1.62. The Kier molecular flexibility index (Phi) is 5.51. The molecule has 6 heteroatoms. The first kappa shape index (κ1) is 17.4. The molecular formula is C18H25ClN2O3. The summed E-state index contributed by atoms with van der Waals surface area (Å²) < 4.78 is 11.1. The molecule has 0 atom stereocenters. The van der Waals surface area contributed by atoms with Crippen molar-refractivity contribution in [2.75, 3.05) is 33.4 Å². The van der Waals surface area contributed by atoms with Crippen molar-refractivity contribution in [3.8, 4) is 5.75 Å². The van der Waals surface area contributed by atoms with Gasteiger partial charge >= 0.3 is 6.03 Å². The Morgan fingerprint density at radius 2 is 2.21 bits per heavy atom. The van der Waals surface area contributed by atoms with Gasteiger partial charge in [0.1, 0.15) is 5.75 Å². The van der Waals surface area contributed by atoms with Crippen LogP contribution in [0.3, 0.4) is 0 Å². The fraction of sp³-hybridized carbons (Fsp3) is 0.611. The molecule has 0 aromatic heterocycles. The number of carbonyl (C=O) groups excluding carboxylic acids is 1. The molecule has 1 aliphatic heterocycles. The van der Waals surface area contributed by atoms with Crippen LogP contribution in [0, 0.1) is 0 Å². The van der Waals surface area contributed by atoms with E-state index in [1.165, 1.54) is 12.8 Å². The van der Waals surface area contributed by atoms with Crippen LogP contribution in [0.4, 0.5) is 4.79 Å². The Morgan fingerprint density at radius 3 is 2.92 bits per heavy atom. The maximum atomic E-state index is 12.4. The second-order valence-electron chi connectivity index (χ2n) is 6.60. The van der Waals surface area contributed by atoms with Crippen LogP contribution in [0.25, 0.3) is 0 Å². The zero-order valence-corrected chi connectivity index (χ0v) is 14.9. The summed E-state index contributed by atoms with van der Waals surface area (Å²) in [6.45, 7) is 2.58. The zero-order chi connectivity index (χ0) is 17.0. The molecule has 2 amide bonds. The molecule has 1 aromatic rings. The lowest BCUT2D eigenvalue weighted by Crippen LogP contribution is -2.55. The lowest BCUT2D eigenvalue weighted by Gasteiger charge is -2.40. The molecular weight excluding hydrogens is 328 g/mol. The normalized spacial score (nSPS) is 19.5. The lowest BCUT2D eigenvalue weighted by molar-refractivity contribution is -0.0925. The molecule has 0 bridgehead atoms. The Bertz CT molecular complexity index is 588. The molecule has 1 aliphatic carbocycles. The number of carbonyl (C=O) groups is 1. The van der Waals surface area contributed by atoms with Crippen molar-refractivity contribution in [1.82, 2.24) is 10.2 Å². The molecule has 1 aromatic carbocycles. The standard InChI is InChI=1S/C18H25ClN2O3/c1-23-15-5-4-14(16(19)12-15)6-9-20-17(22)21-10-11-24-18(13-21)7-2-3-8-18/h4-5,12H,2-3,6-11,13H2,1H3,(H,20,22). The molecule has 1 saturated heterocycles. The fourth-order valence-corrected chi connectivity index (χ4v) is 3.88. The largest absolute Gasteiger partial charge is 0.497 e. The number of nitrogens with one attached hydrogen (secondary N) is 1. The van der Waals surface area contributed by atoms with Gasteiger partial charge in [-0.25, -0.2) is 4.79 Å². The van der Waals surface area contributed by atoms with Gasteiger partial charge in [-0.05, 0) is 37.0 Å². The maximum absolute atomic E-state index is 12.4. The number of benzene rings is 1. The Morgan fingerprint density at radius 1 is 1.42 bits per heavy atom. The quantitative estimate of drug-likeness (QED) is 0.905. The Hall–Kier alpha value is -1.46. The van der Waals surface area contributed by atoms with Gasteiger partial charge in [-0.2, -0.15) is 0 Å². The highest BCUT2D eigenvalue weighted by atomic mass is 35.5. The van der Waals surface area contributed by atoms with Gasteiger partial charge in [0, 0.05) is 18.1 Å². The number of halogens is 1. The van der Waals surface area contributed by atoms with Crippen LogP contribution >= 0.6 is 11.6 Å². The number of urea groups is 1. The first-order valence-electron chi connectivity index (χ1n) is 8.61. The highest BCUT2D eigenvalue weighted by Crippen LogP contribution is 2.35. The third kappa shape index (κ3) is 3.95. The average Bonchev–Trinajstić information content (AvgIpc) is 3.03. The first-order chi connectivity index (χ1) is 11.6. The van der Waals surface area contributed by atoms with Crippen molar-refractivity contribution in [3.63, 3.8) is 0 Å². The van der Waals surface area contributed by atoms with Crippen LogP contribution in [0.2, 0.25) is 5.02 Å². The molecule has 1 spiro atoms. The highest BCUT2D eigenvalue weighted by Gasteiger charge is 2.40. The van der Waals surface area contributed by atoms with Crippen LogP contribution in [-0.2, 0) is 11.2 Å². The molecule has 3 rings (SSSR count). The maximum Gasteiger partial charge on any atom is 0.317 e. The summed E-state index contributed by atoms with van der Waals surface area (Å²) in [4.78, 5) is 14.3. The van der Waals surface area contributed by atoms with E-state index in [9.17, 15) is 4.79 Å². The van der Waals surface area contributed by atoms with Crippen molar-refractivity contribution in [3.05, 3.63) is 28.8 Å². The summed E-state index contributed by atoms with van der Waals surface area (Å²) >= 11 is 6.23. The third-order valence-electron chi connectivity index (χ3n) is 4.98. The number of amides is 2. The predicted molar refractivity (Wildman–Crippen MR) is 93.8 cm³/mol. The van der Waals surface area contributed by atoms with E-state index < -0.39 is 0 Å². The zero-order valence-electron chi connectivity index (χ0n) is 14.1. The first-order valence-corrected chi connectivity index (χ1v) is 8.99. The van der Waals surface area contributed by atoms with Gasteiger partial charge in [-0.1, -0.05) is 30.5 Å². The topological polar surface area (TPSA) is 50.8 Å². The van der Waals surface area contributed by atoms with Crippen LogP contribution < -0.4 is 10.1 Å². The molecule has 132 valence electrons. The highest BCUT2D eigenvalue weighted by molar-refractivity contribution is 6.31. The van der Waals surface area contributed by atoms with E-state index in [1.807, 2.05) is 17.0 Å². The van der Waals surface area contributed by atoms with Gasteiger partial charge in [-0.3, -0.25) is 0 Å². The molecule has 0 radical (unpaired) electrons. The Labute approximate surface area is 148 Å². The minimum atomic E-state index is -0.0884. The lowest BCUT2D eigenvalue weighted by atomic mass is 10.00. The van der Waals surface area contributed by atoms with E-state index in [2.05, 4.69) is 5.32 Å². The van der Waals surface area contributed by atoms with Crippen LogP contribution in [0.1, 0.15) is 31.2 Å². The van der Waals surface area contributed by atoms with Gasteiger partial charge in [0.2, 0.25) is 0 Å². The van der Waals surface area contributed by atoms with Crippen molar-refractivity contribution in [2.45, 2.75) is 37.7 Å². The minimum Gasteiger partial charge on any atom is -0.497 e. The van der Waals surface area contributed by atoms with Crippen LogP contribution in [0.15, 0.2) is 18.2 Å². The smallest absolute Gasteiger partial charge is 0.317 e. The number of hydrogen-bond donors (Lipinski definition) is 1. The van der Waals surface area contributed by atoms with Crippen LogP contribution in [0.5, 0.6) is 5.75 Å². The molecule has 1 N–H and O–H groups in total. The van der Waals surface area contributed by atoms with E-state index in [0.29, 0.717) is 37.7 Å². The summed E-state index contributed by atoms with van der Waals surface area (Å²) in [6.07, 6.45) is 5.23. The number of nitrogens with zero attached hydrogens (tertiary/aromatic N) is 1. The number of hydrogen-bond acceptors (Lipinski definition) is 3. The second-order valence-corrected chi connectivity index (χ2v) is 7.01. The van der Waals surface area contributed by atoms with Gasteiger partial charge in [0.25, 0.3) is 0 Å². The number of rotatable bonds is 4. The molecule has 1 saturated carbocycles. The summed E-state index contributed by atoms with van der Waals surface area (Å²) in [5, 5.41) is 3.67. The summed E-state index contributed by atoms with van der Waals surface area (Å²) in [5.41, 5.74) is 0.918. The van der Waals surface area contributed by atoms with Gasteiger partial charge in [-0.15, -0.1) is 0 Å². The average molecular weight is 353 g/mol. The van der Waals surface area contributed by atoms with Gasteiger partial charge < -0.3 is 19.7 Å². The van der Waals surface area contributed by atoms with Gasteiger partial charge in [0.15, 0.2) is 0 Å². The predicted octanol–water partition coefficient (Wildman–Crippen LogP) is 3.25. The number of ether oxygens (including phenoxy) is 2. The van der Waals surface area contributed by atoms with Crippen molar-refractivity contribution in [2.24, 2.45) is 0 Å². The molecule has 5 nitrogen and oxygen atoms in total. The van der Waals surface area contributed by atoms with Gasteiger partial charge in [0.05, 0.1) is 25.9 Å². The van der Waals surface area contributed by atoms with E-state index in [1.54, 1.807) is 13.2 Å². The molecule has 24 heavy (non-hydrogen) atoms. The number of morpholine rings is 1. The molecule has 2 fully saturated rings. The fourth-order valence-electron chi connectivity index (χ4n) is 3.61. The summed E-state index contributed by atoms with van der Waals surface area (Å²) in [6, 6.07) is 5.61. The Balaban J connectivity index is 1.49. The monoisotopic (exact) mass is 352 g/mol. The summed E-state index contributed by atoms with van der Waals surface area (Å²) in [5.74, 6) is 0.739. The SMILES string of the molecule is COc1ccc(CCNC(=O)N2CCOC3(CCCC3)C2)c(Cl)c1. The van der Waals surface area contributed by atoms with E-state index >= 15 is 0 Å². The van der Waals surface area contributed by atoms with Crippen LogP contribution in [-0.4, -0.2) is 49.9 Å². The number of methoxy groups -OCH3 is 1. The molecule has 2 aliphatic rings. The minimum absolute atomic E-state index is 0.00536. The molecule has 0 unspecified atom stereocenters.